The smallest absolute Gasteiger partial charge is 0.550 e. The molecule has 186 valence electrons. The van der Waals surface area contributed by atoms with Gasteiger partial charge in [-0.3, -0.25) is 29.0 Å². The number of carboxylic acid groups (broad SMARTS) is 7. The maximum absolute atomic E-state index is 10.6. The van der Waals surface area contributed by atoms with Gasteiger partial charge in [-0.05, 0) is 20.8 Å². The van der Waals surface area contributed by atoms with Crippen molar-refractivity contribution >= 4 is 79.5 Å². The Kier molecular flexibility index (Phi) is 39.8. The van der Waals surface area contributed by atoms with Crippen molar-refractivity contribution in [1.29, 1.82) is 0 Å². The average molecular weight is 532 g/mol. The van der Waals surface area contributed by atoms with Gasteiger partial charge in [0.1, 0.15) is 0 Å². The molecule has 0 saturated carbocycles. The number of carbonyl (C=O) groups excluding carboxylic acids is 3. The molecule has 0 aromatic carbocycles. The van der Waals surface area contributed by atoms with Gasteiger partial charge >= 0.3 is 91.2 Å². The van der Waals surface area contributed by atoms with Crippen LogP contribution in [0.15, 0.2) is 0 Å². The third-order valence-corrected chi connectivity index (χ3v) is 2.17. The van der Waals surface area contributed by atoms with E-state index in [4.69, 9.17) is 50.1 Å². The van der Waals surface area contributed by atoms with Crippen LogP contribution in [0.25, 0.3) is 0 Å². The van der Waals surface area contributed by atoms with E-state index in [0.717, 1.165) is 30.6 Å². The molecule has 0 unspecified atom stereocenters. The second kappa shape index (κ2) is 29.5. The van der Waals surface area contributed by atoms with E-state index in [1.54, 1.807) is 0 Å². The van der Waals surface area contributed by atoms with E-state index in [0.29, 0.717) is 0 Å². The summed E-state index contributed by atoms with van der Waals surface area (Å²) >= 11 is 0. The topological polar surface area (TPSA) is 276 Å². The van der Waals surface area contributed by atoms with Crippen LogP contribution in [-0.2, 0) is 33.6 Å². The van der Waals surface area contributed by atoms with Crippen molar-refractivity contribution in [2.75, 3.05) is 39.3 Å². The Balaban J connectivity index is -0.000000116. The van der Waals surface area contributed by atoms with Crippen molar-refractivity contribution in [3.05, 3.63) is 0 Å². The van der Waals surface area contributed by atoms with Gasteiger partial charge in [0.05, 0.1) is 26.2 Å². The molecule has 0 spiro atoms. The molecular weight excluding hydrogens is 507 g/mol. The molecule has 4 N–H and O–H groups in total. The third-order valence-electron chi connectivity index (χ3n) is 2.17. The average Bonchev–Trinajstić information content (AvgIpc) is 2.48. The Morgan fingerprint density at radius 2 is 0.647 bits per heavy atom. The molecule has 18 heteroatoms. The summed E-state index contributed by atoms with van der Waals surface area (Å²) in [5.41, 5.74) is 0. The van der Waals surface area contributed by atoms with Crippen LogP contribution in [0.1, 0.15) is 20.8 Å². The van der Waals surface area contributed by atoms with Crippen LogP contribution in [-0.4, -0.2) is 149 Å². The van der Waals surface area contributed by atoms with E-state index < -0.39 is 68.0 Å². The maximum atomic E-state index is 10.6. The third kappa shape index (κ3) is 69.8. The van der Waals surface area contributed by atoms with Gasteiger partial charge in [0.2, 0.25) is 0 Å². The number of hydrogen-bond acceptors (Lipinski definition) is 12. The zero-order valence-corrected chi connectivity index (χ0v) is 23.4. The minimum Gasteiger partial charge on any atom is -0.550 e. The minimum atomic E-state index is -1.23. The second-order valence-corrected chi connectivity index (χ2v) is 5.47. The van der Waals surface area contributed by atoms with Gasteiger partial charge in [0.25, 0.3) is 0 Å². The number of aliphatic carboxylic acids is 7. The maximum Gasteiger partial charge on any atom is 2.00 e. The summed E-state index contributed by atoms with van der Waals surface area (Å²) in [6.07, 6.45) is 0. The van der Waals surface area contributed by atoms with Crippen LogP contribution in [0.4, 0.5) is 0 Å². The van der Waals surface area contributed by atoms with Crippen LogP contribution < -0.4 is 44.9 Å². The molecule has 34 heavy (non-hydrogen) atoms. The quantitative estimate of drug-likeness (QED) is 0.180. The van der Waals surface area contributed by atoms with Crippen molar-refractivity contribution in [3.8, 4) is 0 Å². The van der Waals surface area contributed by atoms with Gasteiger partial charge in [-0.25, -0.2) is 0 Å². The molecule has 0 rings (SSSR count). The fourth-order valence-corrected chi connectivity index (χ4v) is 1.48. The molecule has 0 aliphatic heterocycles. The Morgan fingerprint density at radius 3 is 0.735 bits per heavy atom. The van der Waals surface area contributed by atoms with E-state index in [1.807, 2.05) is 0 Å². The van der Waals surface area contributed by atoms with E-state index >= 15 is 0 Å². The summed E-state index contributed by atoms with van der Waals surface area (Å²) in [5, 5.41) is 61.1. The van der Waals surface area contributed by atoms with Crippen molar-refractivity contribution in [2.24, 2.45) is 0 Å². The van der Waals surface area contributed by atoms with E-state index in [9.17, 15) is 19.2 Å². The molecular formula is C16H25CaN2NaO14. The molecule has 0 heterocycles. The molecule has 16 nitrogen and oxygen atoms in total. The summed E-state index contributed by atoms with van der Waals surface area (Å²) in [7, 11) is 0. The van der Waals surface area contributed by atoms with Crippen molar-refractivity contribution < 1.29 is 98.9 Å². The van der Waals surface area contributed by atoms with Crippen molar-refractivity contribution in [3.63, 3.8) is 0 Å². The van der Waals surface area contributed by atoms with Gasteiger partial charge in [-0.2, -0.15) is 0 Å². The summed E-state index contributed by atoms with van der Waals surface area (Å²) < 4.78 is 0. The predicted molar refractivity (Wildman–Crippen MR) is 101 cm³/mol. The molecule has 0 aromatic heterocycles. The van der Waals surface area contributed by atoms with Gasteiger partial charge in [-0.15, -0.1) is 0 Å². The molecule has 0 atom stereocenters. The zero-order valence-electron chi connectivity index (χ0n) is 19.2. The number of nitrogens with zero attached hydrogens (tertiary/aromatic N) is 2. The van der Waals surface area contributed by atoms with Crippen molar-refractivity contribution in [1.82, 2.24) is 9.80 Å². The van der Waals surface area contributed by atoms with Crippen LogP contribution >= 0.6 is 0 Å². The fraction of sp³-hybridized carbons (Fsp3) is 0.562. The summed E-state index contributed by atoms with van der Waals surface area (Å²) in [4.78, 5) is 71.0. The van der Waals surface area contributed by atoms with E-state index in [1.165, 1.54) is 0 Å². The van der Waals surface area contributed by atoms with Crippen LogP contribution in [0.2, 0.25) is 0 Å². The first-order valence-corrected chi connectivity index (χ1v) is 8.25. The zero-order chi connectivity index (χ0) is 26.4. The van der Waals surface area contributed by atoms with E-state index in [2.05, 4.69) is 0 Å². The first-order chi connectivity index (χ1) is 14.4. The summed E-state index contributed by atoms with van der Waals surface area (Å²) in [6, 6.07) is 0. The standard InChI is InChI=1S/C10H16N2O8.3C2H4O2.Ca.Na/c13-7(14)3-11(4-8(15)16)1-2-12(5-9(17)18)6-10(19)20;3*1-2(3)4;;/h1-6H2,(H,13,14)(H,15,16)(H,17,18)(H,19,20);3*1H3,(H,3,4);;/q;;;;+2;+1/p-3. The number of carboxylic acids is 7. The van der Waals surface area contributed by atoms with Gasteiger partial charge in [-0.1, -0.05) is 0 Å². The number of carbonyl (C=O) groups is 7. The first kappa shape index (κ1) is 45.9. The van der Waals surface area contributed by atoms with Crippen LogP contribution in [0.5, 0.6) is 0 Å². The number of rotatable bonds is 11. The molecule has 0 aliphatic rings. The van der Waals surface area contributed by atoms with Gasteiger partial charge in [0, 0.05) is 31.0 Å². The number of hydrogen-bond donors (Lipinski definition) is 4. The molecule has 0 amide bonds. The predicted octanol–water partition coefficient (Wildman–Crippen LogP) is -9.18. The Morgan fingerprint density at radius 1 is 0.529 bits per heavy atom. The fourth-order valence-electron chi connectivity index (χ4n) is 1.48. The first-order valence-electron chi connectivity index (χ1n) is 8.25. The van der Waals surface area contributed by atoms with Crippen LogP contribution in [0.3, 0.4) is 0 Å². The minimum absolute atomic E-state index is 0. The molecule has 0 radical (unpaired) electrons. The molecule has 0 aliphatic carbocycles. The van der Waals surface area contributed by atoms with Gasteiger partial charge < -0.3 is 50.1 Å². The van der Waals surface area contributed by atoms with E-state index in [-0.39, 0.29) is 80.4 Å². The molecule has 0 bridgehead atoms. The summed E-state index contributed by atoms with van der Waals surface area (Å²) in [5.74, 6) is -8.16. The Labute approximate surface area is 246 Å². The largest absolute Gasteiger partial charge is 2.00 e. The van der Waals surface area contributed by atoms with Crippen molar-refractivity contribution in [2.45, 2.75) is 20.8 Å². The summed E-state index contributed by atoms with van der Waals surface area (Å²) in [6.45, 7) is 0.666. The normalized spacial score (nSPS) is 8.50. The Bertz CT molecular complexity index is 539. The van der Waals surface area contributed by atoms with Crippen LogP contribution in [0, 0.1) is 0 Å². The monoisotopic (exact) mass is 532 g/mol. The SMILES string of the molecule is CC(=O)[O-].CC(=O)[O-].CC(=O)[O-].O=C(O)CN(CCN(CC(=O)O)CC(=O)O)CC(=O)O.[Ca+2].[Na+]. The molecule has 0 aromatic rings. The Hall–Kier alpha value is -1.53. The molecule has 0 fully saturated rings. The molecule has 0 saturated heterocycles. The van der Waals surface area contributed by atoms with Gasteiger partial charge in [0.15, 0.2) is 0 Å². The second-order valence-electron chi connectivity index (χ2n) is 5.47.